The number of hydrogen-bond donors (Lipinski definition) is 1. The number of anilines is 2. The maximum atomic E-state index is 12.0. The molecule has 1 N–H and O–H groups in total. The Morgan fingerprint density at radius 1 is 0.967 bits per heavy atom. The van der Waals surface area contributed by atoms with Crippen LogP contribution >= 0.6 is 0 Å². The molecule has 1 aromatic heterocycles. The van der Waals surface area contributed by atoms with Gasteiger partial charge < -0.3 is 10.2 Å². The second kappa shape index (κ2) is 9.78. The molecular weight excluding hydrogens is 400 g/mol. The fourth-order valence-electron chi connectivity index (χ4n) is 5.05. The van der Waals surface area contributed by atoms with Gasteiger partial charge in [0, 0.05) is 51.0 Å². The number of nitrogens with zero attached hydrogens (tertiary/aromatic N) is 5. The van der Waals surface area contributed by atoms with Crippen molar-refractivity contribution >= 4 is 21.8 Å². The van der Waals surface area contributed by atoms with Crippen LogP contribution in [0, 0.1) is 0 Å². The smallest absolute Gasteiger partial charge is 0.224 e. The van der Waals surface area contributed by atoms with Crippen LogP contribution in [-0.2, 0) is 10.0 Å². The van der Waals surface area contributed by atoms with Gasteiger partial charge in [0.2, 0.25) is 16.0 Å². The summed E-state index contributed by atoms with van der Waals surface area (Å²) >= 11 is 0. The van der Waals surface area contributed by atoms with Gasteiger partial charge in [0.15, 0.2) is 0 Å². The van der Waals surface area contributed by atoms with Gasteiger partial charge in [0.25, 0.3) is 0 Å². The van der Waals surface area contributed by atoms with Crippen molar-refractivity contribution in [2.75, 3.05) is 55.7 Å². The first-order valence-electron chi connectivity index (χ1n) is 11.5. The number of aromatic nitrogens is 2. The minimum atomic E-state index is -3.11. The Morgan fingerprint density at radius 3 is 2.50 bits per heavy atom. The molecule has 9 heteroatoms. The number of hydrogen-bond acceptors (Lipinski definition) is 7. The van der Waals surface area contributed by atoms with E-state index >= 15 is 0 Å². The number of rotatable bonds is 5. The predicted molar refractivity (Wildman–Crippen MR) is 120 cm³/mol. The molecule has 8 nitrogen and oxygen atoms in total. The Labute approximate surface area is 181 Å². The van der Waals surface area contributed by atoms with E-state index in [1.807, 2.05) is 12.3 Å². The number of piperidine rings is 2. The highest BCUT2D eigenvalue weighted by Gasteiger charge is 2.32. The summed E-state index contributed by atoms with van der Waals surface area (Å²) in [5.74, 6) is 1.74. The van der Waals surface area contributed by atoms with E-state index in [1.54, 1.807) is 4.31 Å². The first-order valence-corrected chi connectivity index (χ1v) is 13.4. The monoisotopic (exact) mass is 436 g/mol. The molecule has 2 atom stereocenters. The van der Waals surface area contributed by atoms with Crippen LogP contribution in [0.1, 0.15) is 51.4 Å². The highest BCUT2D eigenvalue weighted by atomic mass is 32.2. The van der Waals surface area contributed by atoms with Crippen molar-refractivity contribution in [3.8, 4) is 0 Å². The van der Waals surface area contributed by atoms with Crippen LogP contribution in [-0.4, -0.2) is 85.2 Å². The van der Waals surface area contributed by atoms with Crippen molar-refractivity contribution in [3.05, 3.63) is 12.3 Å². The maximum Gasteiger partial charge on any atom is 0.224 e. The molecule has 0 amide bonds. The first kappa shape index (κ1) is 21.8. The molecule has 2 unspecified atom stereocenters. The van der Waals surface area contributed by atoms with Crippen LogP contribution in [0.4, 0.5) is 11.8 Å². The van der Waals surface area contributed by atoms with Gasteiger partial charge in [0.1, 0.15) is 5.82 Å². The molecule has 4 heterocycles. The standard InChI is InChI=1S/C21H36N6O2S/c1-30(28,29)27-15-7-9-19(17-27)26-14-6-8-18(16-26)23-21-22-11-10-20(24-21)25-12-4-2-3-5-13-25/h10-11,18-19H,2-9,12-17H2,1H3,(H,22,23,24). The van der Waals surface area contributed by atoms with Gasteiger partial charge in [-0.05, 0) is 51.1 Å². The van der Waals surface area contributed by atoms with Crippen molar-refractivity contribution in [3.63, 3.8) is 0 Å². The SMILES string of the molecule is CS(=O)(=O)N1CCCC(N2CCCC(Nc3nccc(N4CCCCCC4)n3)C2)C1. The minimum absolute atomic E-state index is 0.298. The molecule has 0 aromatic carbocycles. The van der Waals surface area contributed by atoms with Crippen LogP contribution < -0.4 is 10.2 Å². The molecule has 0 radical (unpaired) electrons. The van der Waals surface area contributed by atoms with Gasteiger partial charge >= 0.3 is 0 Å². The highest BCUT2D eigenvalue weighted by Crippen LogP contribution is 2.24. The average Bonchev–Trinajstić information content (AvgIpc) is 3.03. The molecular formula is C21H36N6O2S. The third kappa shape index (κ3) is 5.62. The zero-order chi connectivity index (χ0) is 21.0. The lowest BCUT2D eigenvalue weighted by molar-refractivity contribution is 0.108. The van der Waals surface area contributed by atoms with E-state index in [9.17, 15) is 8.42 Å². The van der Waals surface area contributed by atoms with E-state index in [2.05, 4.69) is 20.1 Å². The van der Waals surface area contributed by atoms with Crippen LogP contribution in [0.5, 0.6) is 0 Å². The predicted octanol–water partition coefficient (Wildman–Crippen LogP) is 2.16. The van der Waals surface area contributed by atoms with Crippen molar-refractivity contribution in [2.45, 2.75) is 63.5 Å². The molecule has 3 aliphatic heterocycles. The zero-order valence-corrected chi connectivity index (χ0v) is 19.0. The first-order chi connectivity index (χ1) is 14.5. The molecule has 0 aliphatic carbocycles. The van der Waals surface area contributed by atoms with E-state index in [0.717, 1.165) is 57.7 Å². The van der Waals surface area contributed by atoms with Crippen LogP contribution in [0.2, 0.25) is 0 Å². The summed E-state index contributed by atoms with van der Waals surface area (Å²) in [6.45, 7) is 5.38. The lowest BCUT2D eigenvalue weighted by Gasteiger charge is -2.42. The van der Waals surface area contributed by atoms with E-state index in [0.29, 0.717) is 31.1 Å². The van der Waals surface area contributed by atoms with Crippen molar-refractivity contribution in [2.24, 2.45) is 0 Å². The summed E-state index contributed by atoms with van der Waals surface area (Å²) in [5.41, 5.74) is 0. The Kier molecular flexibility index (Phi) is 7.10. The van der Waals surface area contributed by atoms with Crippen LogP contribution in [0.25, 0.3) is 0 Å². The lowest BCUT2D eigenvalue weighted by Crippen LogP contribution is -2.54. The molecule has 3 aliphatic rings. The molecule has 3 saturated heterocycles. The number of sulfonamides is 1. The molecule has 0 spiro atoms. The van der Waals surface area contributed by atoms with Gasteiger partial charge in [0.05, 0.1) is 6.26 Å². The minimum Gasteiger partial charge on any atom is -0.356 e. The summed E-state index contributed by atoms with van der Waals surface area (Å²) in [6, 6.07) is 2.63. The molecule has 168 valence electrons. The molecule has 0 saturated carbocycles. The van der Waals surface area contributed by atoms with Gasteiger partial charge in [-0.25, -0.2) is 17.7 Å². The Bertz CT molecular complexity index is 796. The van der Waals surface area contributed by atoms with Gasteiger partial charge in [-0.1, -0.05) is 12.8 Å². The van der Waals surface area contributed by atoms with Gasteiger partial charge in [-0.3, -0.25) is 4.90 Å². The Balaban J connectivity index is 1.36. The highest BCUT2D eigenvalue weighted by molar-refractivity contribution is 7.88. The molecule has 0 bridgehead atoms. The van der Waals surface area contributed by atoms with E-state index in [-0.39, 0.29) is 0 Å². The van der Waals surface area contributed by atoms with E-state index in [1.165, 1.54) is 31.9 Å². The van der Waals surface area contributed by atoms with Crippen molar-refractivity contribution < 1.29 is 8.42 Å². The van der Waals surface area contributed by atoms with E-state index < -0.39 is 10.0 Å². The quantitative estimate of drug-likeness (QED) is 0.757. The van der Waals surface area contributed by atoms with Crippen molar-refractivity contribution in [1.29, 1.82) is 0 Å². The second-order valence-electron chi connectivity index (χ2n) is 9.04. The van der Waals surface area contributed by atoms with Crippen LogP contribution in [0.3, 0.4) is 0 Å². The third-order valence-corrected chi connectivity index (χ3v) is 7.97. The molecule has 1 aromatic rings. The molecule has 3 fully saturated rings. The Morgan fingerprint density at radius 2 is 1.73 bits per heavy atom. The van der Waals surface area contributed by atoms with Crippen LogP contribution in [0.15, 0.2) is 12.3 Å². The number of likely N-dealkylation sites (tertiary alicyclic amines) is 1. The van der Waals surface area contributed by atoms with Crippen molar-refractivity contribution in [1.82, 2.24) is 19.2 Å². The summed E-state index contributed by atoms with van der Waals surface area (Å²) in [7, 11) is -3.11. The second-order valence-corrected chi connectivity index (χ2v) is 11.0. The maximum absolute atomic E-state index is 12.0. The zero-order valence-electron chi connectivity index (χ0n) is 18.2. The normalized spacial score (nSPS) is 27.6. The Hall–Kier alpha value is -1.45. The summed E-state index contributed by atoms with van der Waals surface area (Å²) in [5, 5.41) is 3.56. The summed E-state index contributed by atoms with van der Waals surface area (Å²) < 4.78 is 25.6. The summed E-state index contributed by atoms with van der Waals surface area (Å²) in [6.07, 6.45) is 12.5. The third-order valence-electron chi connectivity index (χ3n) is 6.70. The van der Waals surface area contributed by atoms with Gasteiger partial charge in [-0.2, -0.15) is 4.98 Å². The number of nitrogens with one attached hydrogen (secondary N) is 1. The lowest BCUT2D eigenvalue weighted by atomic mass is 9.99. The summed E-state index contributed by atoms with van der Waals surface area (Å²) in [4.78, 5) is 14.1. The fourth-order valence-corrected chi connectivity index (χ4v) is 5.96. The fraction of sp³-hybridized carbons (Fsp3) is 0.810. The van der Waals surface area contributed by atoms with E-state index in [4.69, 9.17) is 4.98 Å². The topological polar surface area (TPSA) is 81.7 Å². The molecule has 4 rings (SSSR count). The average molecular weight is 437 g/mol. The molecule has 30 heavy (non-hydrogen) atoms. The van der Waals surface area contributed by atoms with Gasteiger partial charge in [-0.15, -0.1) is 0 Å². The largest absolute Gasteiger partial charge is 0.356 e.